The molecule has 8 N–H and O–H groups in total. The first-order valence-electron chi connectivity index (χ1n) is 6.01. The molecule has 0 spiro atoms. The van der Waals surface area contributed by atoms with Crippen molar-refractivity contribution < 1.29 is 9.59 Å². The average molecular weight is 272 g/mol. The van der Waals surface area contributed by atoms with Crippen molar-refractivity contribution in [1.82, 2.24) is 0 Å². The standard InChI is InChI=1S/C14H16N4O2/c15-9-3-5-14(18,6-4-9)11-7-8(12(16)19)1-2-10(11)13(17)20/h1-5,7H,6,15,18H2,(H2,16,19)(H2,17,20). The molecule has 1 aliphatic rings. The summed E-state index contributed by atoms with van der Waals surface area (Å²) in [7, 11) is 0. The van der Waals surface area contributed by atoms with E-state index in [-0.39, 0.29) is 11.1 Å². The van der Waals surface area contributed by atoms with Gasteiger partial charge in [-0.1, -0.05) is 12.2 Å². The summed E-state index contributed by atoms with van der Waals surface area (Å²) in [6, 6.07) is 4.41. The van der Waals surface area contributed by atoms with Gasteiger partial charge in [-0.05, 0) is 36.3 Å². The molecule has 6 heteroatoms. The van der Waals surface area contributed by atoms with Gasteiger partial charge in [0.25, 0.3) is 0 Å². The van der Waals surface area contributed by atoms with Gasteiger partial charge in [0, 0.05) is 16.8 Å². The van der Waals surface area contributed by atoms with Crippen LogP contribution in [0.5, 0.6) is 0 Å². The van der Waals surface area contributed by atoms with Gasteiger partial charge in [-0.25, -0.2) is 0 Å². The molecular formula is C14H16N4O2. The molecule has 1 atom stereocenters. The fourth-order valence-corrected chi connectivity index (χ4v) is 2.16. The number of carbonyl (C=O) groups excluding carboxylic acids is 2. The smallest absolute Gasteiger partial charge is 0.249 e. The van der Waals surface area contributed by atoms with Gasteiger partial charge in [-0.3, -0.25) is 9.59 Å². The van der Waals surface area contributed by atoms with Crippen LogP contribution in [-0.4, -0.2) is 11.8 Å². The summed E-state index contributed by atoms with van der Waals surface area (Å²) in [6.45, 7) is 0. The lowest BCUT2D eigenvalue weighted by atomic mass is 9.81. The van der Waals surface area contributed by atoms with Crippen molar-refractivity contribution in [2.24, 2.45) is 22.9 Å². The number of carbonyl (C=O) groups is 2. The molecule has 1 unspecified atom stereocenters. The number of nitrogens with two attached hydrogens (primary N) is 4. The predicted octanol–water partition coefficient (Wildman–Crippen LogP) is -0.159. The van der Waals surface area contributed by atoms with Gasteiger partial charge in [0.2, 0.25) is 11.8 Å². The highest BCUT2D eigenvalue weighted by molar-refractivity contribution is 5.98. The normalized spacial score (nSPS) is 21.4. The summed E-state index contributed by atoms with van der Waals surface area (Å²) in [5.41, 5.74) is 23.2. The van der Waals surface area contributed by atoms with Crippen LogP contribution in [0.1, 0.15) is 32.7 Å². The van der Waals surface area contributed by atoms with Gasteiger partial charge in [0.15, 0.2) is 0 Å². The van der Waals surface area contributed by atoms with Gasteiger partial charge in [-0.2, -0.15) is 0 Å². The quantitative estimate of drug-likeness (QED) is 0.607. The van der Waals surface area contributed by atoms with Crippen molar-refractivity contribution in [3.05, 3.63) is 58.8 Å². The molecule has 6 nitrogen and oxygen atoms in total. The zero-order valence-corrected chi connectivity index (χ0v) is 10.8. The Morgan fingerprint density at radius 1 is 1.15 bits per heavy atom. The lowest BCUT2D eigenvalue weighted by molar-refractivity contribution is 0.0986. The van der Waals surface area contributed by atoms with E-state index in [1.165, 1.54) is 18.2 Å². The minimum absolute atomic E-state index is 0.260. The monoisotopic (exact) mass is 272 g/mol. The van der Waals surface area contributed by atoms with Gasteiger partial charge in [0.1, 0.15) is 0 Å². The molecular weight excluding hydrogens is 256 g/mol. The Balaban J connectivity index is 2.59. The molecule has 2 rings (SSSR count). The predicted molar refractivity (Wildman–Crippen MR) is 75.4 cm³/mol. The third-order valence-electron chi connectivity index (χ3n) is 3.32. The Hall–Kier alpha value is -2.60. The highest BCUT2D eigenvalue weighted by Crippen LogP contribution is 2.31. The van der Waals surface area contributed by atoms with Crippen LogP contribution in [0.2, 0.25) is 0 Å². The van der Waals surface area contributed by atoms with Crippen LogP contribution < -0.4 is 22.9 Å². The van der Waals surface area contributed by atoms with E-state index in [0.717, 1.165) is 0 Å². The Kier molecular flexibility index (Phi) is 3.33. The van der Waals surface area contributed by atoms with E-state index in [2.05, 4.69) is 0 Å². The lowest BCUT2D eigenvalue weighted by Gasteiger charge is -2.29. The Morgan fingerprint density at radius 2 is 1.85 bits per heavy atom. The van der Waals surface area contributed by atoms with Crippen LogP contribution in [0.15, 0.2) is 42.1 Å². The van der Waals surface area contributed by atoms with E-state index >= 15 is 0 Å². The van der Waals surface area contributed by atoms with E-state index in [1.54, 1.807) is 18.2 Å². The Morgan fingerprint density at radius 3 is 2.35 bits per heavy atom. The van der Waals surface area contributed by atoms with Crippen molar-refractivity contribution >= 4 is 11.8 Å². The molecule has 20 heavy (non-hydrogen) atoms. The van der Waals surface area contributed by atoms with E-state index in [1.807, 2.05) is 0 Å². The zero-order chi connectivity index (χ0) is 14.9. The molecule has 0 radical (unpaired) electrons. The second kappa shape index (κ2) is 4.82. The molecule has 1 aromatic carbocycles. The Labute approximate surface area is 116 Å². The Bertz CT molecular complexity index is 649. The number of amides is 2. The fourth-order valence-electron chi connectivity index (χ4n) is 2.16. The highest BCUT2D eigenvalue weighted by Gasteiger charge is 2.30. The maximum Gasteiger partial charge on any atom is 0.249 e. The van der Waals surface area contributed by atoms with Crippen molar-refractivity contribution in [2.45, 2.75) is 12.0 Å². The van der Waals surface area contributed by atoms with E-state index < -0.39 is 17.4 Å². The molecule has 0 saturated carbocycles. The maximum absolute atomic E-state index is 11.5. The van der Waals surface area contributed by atoms with Crippen LogP contribution in [0.25, 0.3) is 0 Å². The van der Waals surface area contributed by atoms with Gasteiger partial charge >= 0.3 is 0 Å². The minimum atomic E-state index is -0.946. The first-order valence-corrected chi connectivity index (χ1v) is 6.01. The van der Waals surface area contributed by atoms with Crippen LogP contribution in [0, 0.1) is 0 Å². The van der Waals surface area contributed by atoms with Crippen LogP contribution in [-0.2, 0) is 5.54 Å². The van der Waals surface area contributed by atoms with Crippen molar-refractivity contribution in [3.63, 3.8) is 0 Å². The summed E-state index contributed by atoms with van der Waals surface area (Å²) < 4.78 is 0. The number of rotatable bonds is 3. The third-order valence-corrected chi connectivity index (χ3v) is 3.32. The first-order chi connectivity index (χ1) is 9.33. The minimum Gasteiger partial charge on any atom is -0.399 e. The molecule has 0 fully saturated rings. The summed E-state index contributed by atoms with van der Waals surface area (Å²) in [5.74, 6) is -1.21. The molecule has 2 amide bonds. The third kappa shape index (κ3) is 2.41. The number of benzene rings is 1. The van der Waals surface area contributed by atoms with E-state index in [0.29, 0.717) is 17.7 Å². The fraction of sp³-hybridized carbons (Fsp3) is 0.143. The SMILES string of the molecule is NC(=O)c1ccc(C(N)=O)c(C2(N)C=CC(N)=CC2)c1. The summed E-state index contributed by atoms with van der Waals surface area (Å²) in [4.78, 5) is 22.8. The molecule has 1 aromatic rings. The molecule has 1 aliphatic carbocycles. The van der Waals surface area contributed by atoms with Gasteiger partial charge in [-0.15, -0.1) is 0 Å². The molecule has 0 aromatic heterocycles. The summed E-state index contributed by atoms with van der Waals surface area (Å²) in [5, 5.41) is 0. The second-order valence-corrected chi connectivity index (χ2v) is 4.77. The maximum atomic E-state index is 11.5. The largest absolute Gasteiger partial charge is 0.399 e. The lowest BCUT2D eigenvalue weighted by Crippen LogP contribution is -2.38. The number of allylic oxidation sites excluding steroid dienone is 1. The molecule has 0 saturated heterocycles. The molecule has 0 aliphatic heterocycles. The van der Waals surface area contributed by atoms with Gasteiger partial charge in [0.05, 0.1) is 5.54 Å². The summed E-state index contributed by atoms with van der Waals surface area (Å²) in [6.07, 6.45) is 5.50. The number of primary amides is 2. The first kappa shape index (κ1) is 13.8. The van der Waals surface area contributed by atoms with Crippen LogP contribution >= 0.6 is 0 Å². The van der Waals surface area contributed by atoms with E-state index in [4.69, 9.17) is 22.9 Å². The van der Waals surface area contributed by atoms with Crippen molar-refractivity contribution in [1.29, 1.82) is 0 Å². The second-order valence-electron chi connectivity index (χ2n) is 4.77. The molecule has 104 valence electrons. The van der Waals surface area contributed by atoms with Gasteiger partial charge < -0.3 is 22.9 Å². The topological polar surface area (TPSA) is 138 Å². The summed E-state index contributed by atoms with van der Waals surface area (Å²) >= 11 is 0. The highest BCUT2D eigenvalue weighted by atomic mass is 16.1. The molecule has 0 heterocycles. The van der Waals surface area contributed by atoms with Crippen molar-refractivity contribution in [2.75, 3.05) is 0 Å². The average Bonchev–Trinajstić information content (AvgIpc) is 2.41. The molecule has 0 bridgehead atoms. The van der Waals surface area contributed by atoms with E-state index in [9.17, 15) is 9.59 Å². The number of hydrogen-bond donors (Lipinski definition) is 4. The van der Waals surface area contributed by atoms with Crippen LogP contribution in [0.4, 0.5) is 0 Å². The van der Waals surface area contributed by atoms with Crippen molar-refractivity contribution in [3.8, 4) is 0 Å². The van der Waals surface area contributed by atoms with Crippen LogP contribution in [0.3, 0.4) is 0 Å². The number of hydrogen-bond acceptors (Lipinski definition) is 4. The zero-order valence-electron chi connectivity index (χ0n) is 10.8.